The summed E-state index contributed by atoms with van der Waals surface area (Å²) >= 11 is -2.67. The van der Waals surface area contributed by atoms with Crippen molar-refractivity contribution in [2.45, 2.75) is 85.6 Å². The molecule has 0 radical (unpaired) electrons. The number of rotatable bonds is 17. The van der Waals surface area contributed by atoms with Gasteiger partial charge in [-0.1, -0.05) is 0 Å². The van der Waals surface area contributed by atoms with Gasteiger partial charge in [-0.15, -0.1) is 0 Å². The van der Waals surface area contributed by atoms with Gasteiger partial charge >= 0.3 is 195 Å². The van der Waals surface area contributed by atoms with Gasteiger partial charge in [-0.2, -0.15) is 0 Å². The molecule has 176 valence electrons. The summed E-state index contributed by atoms with van der Waals surface area (Å²) in [6, 6.07) is 8.00. The number of ether oxygens (including phenoxy) is 3. The molecule has 5 heteroatoms. The van der Waals surface area contributed by atoms with Crippen LogP contribution in [0.5, 0.6) is 5.75 Å². The molecule has 0 aliphatic rings. The monoisotopic (exact) mass is 540 g/mol. The molecule has 0 saturated carbocycles. The van der Waals surface area contributed by atoms with Gasteiger partial charge in [0.05, 0.1) is 0 Å². The Morgan fingerprint density at radius 3 is 1.90 bits per heavy atom. The molecule has 1 aromatic rings. The van der Waals surface area contributed by atoms with Gasteiger partial charge in [0.2, 0.25) is 0 Å². The summed E-state index contributed by atoms with van der Waals surface area (Å²) < 4.78 is 21.8. The van der Waals surface area contributed by atoms with E-state index in [1.54, 1.807) is 7.11 Å². The molecule has 1 rings (SSSR count). The number of methoxy groups -OCH3 is 2. The first kappa shape index (κ1) is 28.0. The number of hydrogen-bond acceptors (Lipinski definition) is 4. The van der Waals surface area contributed by atoms with E-state index in [2.05, 4.69) is 20.8 Å². The summed E-state index contributed by atoms with van der Waals surface area (Å²) in [7, 11) is 3.16. The van der Waals surface area contributed by atoms with Crippen LogP contribution in [0.2, 0.25) is 13.3 Å². The average molecular weight is 539 g/mol. The number of esters is 1. The van der Waals surface area contributed by atoms with Crippen LogP contribution in [0.3, 0.4) is 0 Å². The third-order valence-electron chi connectivity index (χ3n) is 6.14. The first-order valence-corrected chi connectivity index (χ1v) is 19.5. The van der Waals surface area contributed by atoms with Gasteiger partial charge in [-0.05, 0) is 0 Å². The van der Waals surface area contributed by atoms with Crippen LogP contribution < -0.4 is 4.74 Å². The van der Waals surface area contributed by atoms with Crippen molar-refractivity contribution in [3.63, 3.8) is 0 Å². The normalized spacial score (nSPS) is 12.1. The molecule has 0 N–H and O–H groups in total. The minimum atomic E-state index is -2.67. The van der Waals surface area contributed by atoms with Crippen LogP contribution in [0.15, 0.2) is 33.9 Å². The Morgan fingerprint density at radius 1 is 0.903 bits per heavy atom. The van der Waals surface area contributed by atoms with Crippen LogP contribution in [0.4, 0.5) is 0 Å². The van der Waals surface area contributed by atoms with Gasteiger partial charge < -0.3 is 0 Å². The summed E-state index contributed by atoms with van der Waals surface area (Å²) in [5.41, 5.74) is 1.14. The molecule has 0 bridgehead atoms. The van der Waals surface area contributed by atoms with E-state index in [1.807, 2.05) is 30.3 Å². The molecule has 0 amide bonds. The third kappa shape index (κ3) is 10.4. The van der Waals surface area contributed by atoms with E-state index in [4.69, 9.17) is 14.2 Å². The molecule has 0 heterocycles. The molecule has 0 fully saturated rings. The molecule has 0 saturated heterocycles. The maximum absolute atomic E-state index is 12.3. The molecule has 0 aliphatic heterocycles. The van der Waals surface area contributed by atoms with Crippen molar-refractivity contribution in [2.24, 2.45) is 0 Å². The quantitative estimate of drug-likeness (QED) is 0.0918. The maximum atomic E-state index is 12.3. The number of carbonyl (C=O) groups excluding carboxylic acids is 1. The Bertz CT molecular complexity index is 618. The fourth-order valence-corrected chi connectivity index (χ4v) is 20.9. The van der Waals surface area contributed by atoms with Crippen LogP contribution in [0, 0.1) is 0 Å². The van der Waals surface area contributed by atoms with Crippen molar-refractivity contribution in [2.75, 3.05) is 20.8 Å². The molecular weight excluding hydrogens is 495 g/mol. The number of unbranched alkanes of at least 4 members (excludes halogenated alkanes) is 3. The Hall–Kier alpha value is -1.01. The second kappa shape index (κ2) is 16.6. The zero-order chi connectivity index (χ0) is 23.0. The van der Waals surface area contributed by atoms with E-state index in [0.29, 0.717) is 13.2 Å². The summed E-state index contributed by atoms with van der Waals surface area (Å²) in [5.74, 6) is 0.657. The number of carbonyl (C=O) groups is 1. The van der Waals surface area contributed by atoms with Crippen molar-refractivity contribution in [3.05, 3.63) is 39.5 Å². The molecule has 4 nitrogen and oxygen atoms in total. The van der Waals surface area contributed by atoms with Crippen LogP contribution in [0.25, 0.3) is 0 Å². The van der Waals surface area contributed by atoms with Gasteiger partial charge in [0, 0.05) is 0 Å². The summed E-state index contributed by atoms with van der Waals surface area (Å²) in [4.78, 5) is 12.3. The molecule has 0 atom stereocenters. The fraction of sp³-hybridized carbons (Fsp3) is 0.654. The number of benzene rings is 1. The standard InChI is InChI=1S/C14H17O4.3C4H9.Sn/c1-16-13-8-6-12(7-9-13)11-18-10-4-3-5-14(15)17-2;3*1-3-4-2;/h5-9H,4,10-11H2,1-2H3;3*1,3-4H2,2H3;. The van der Waals surface area contributed by atoms with Gasteiger partial charge in [-0.25, -0.2) is 0 Å². The summed E-state index contributed by atoms with van der Waals surface area (Å²) in [6.45, 7) is 8.06. The van der Waals surface area contributed by atoms with Gasteiger partial charge in [-0.3, -0.25) is 0 Å². The Kier molecular flexibility index (Phi) is 15.0. The van der Waals surface area contributed by atoms with E-state index in [0.717, 1.165) is 17.7 Å². The predicted molar refractivity (Wildman–Crippen MR) is 132 cm³/mol. The zero-order valence-electron chi connectivity index (χ0n) is 20.5. The van der Waals surface area contributed by atoms with Crippen molar-refractivity contribution < 1.29 is 19.0 Å². The van der Waals surface area contributed by atoms with E-state index in [-0.39, 0.29) is 5.97 Å². The second-order valence-corrected chi connectivity index (χ2v) is 21.9. The van der Waals surface area contributed by atoms with E-state index < -0.39 is 18.4 Å². The van der Waals surface area contributed by atoms with Gasteiger partial charge in [0.15, 0.2) is 0 Å². The first-order valence-electron chi connectivity index (χ1n) is 12.0. The Morgan fingerprint density at radius 2 is 1.45 bits per heavy atom. The van der Waals surface area contributed by atoms with Crippen molar-refractivity contribution in [1.29, 1.82) is 0 Å². The van der Waals surface area contributed by atoms with Crippen molar-refractivity contribution in [3.8, 4) is 5.75 Å². The van der Waals surface area contributed by atoms with Crippen molar-refractivity contribution >= 4 is 24.3 Å². The zero-order valence-corrected chi connectivity index (χ0v) is 23.4. The SMILES string of the molecule is CCC[CH2][Sn]([CH2]CCC)([CH2]CCC)/[C](=C/C(=O)OC)CCOCc1ccc(OC)cc1. The Labute approximate surface area is 194 Å². The molecule has 1 aromatic carbocycles. The number of hydrogen-bond donors (Lipinski definition) is 0. The fourth-order valence-electron chi connectivity index (χ4n) is 4.19. The average Bonchev–Trinajstić information content (AvgIpc) is 2.81. The molecule has 0 aromatic heterocycles. The predicted octanol–water partition coefficient (Wildman–Crippen LogP) is 7.09. The molecular formula is C26H44O4Sn. The molecule has 0 spiro atoms. The third-order valence-corrected chi connectivity index (χ3v) is 22.4. The summed E-state index contributed by atoms with van der Waals surface area (Å²) in [6.07, 6.45) is 10.2. The van der Waals surface area contributed by atoms with Crippen LogP contribution in [0.1, 0.15) is 71.3 Å². The topological polar surface area (TPSA) is 44.8 Å². The molecule has 0 unspecified atom stereocenters. The van der Waals surface area contributed by atoms with E-state index in [9.17, 15) is 4.79 Å². The second-order valence-electron chi connectivity index (χ2n) is 8.43. The minimum absolute atomic E-state index is 0.198. The van der Waals surface area contributed by atoms with E-state index >= 15 is 0 Å². The van der Waals surface area contributed by atoms with Gasteiger partial charge in [0.25, 0.3) is 0 Å². The molecule has 0 aliphatic carbocycles. The Balaban J connectivity index is 2.95. The van der Waals surface area contributed by atoms with Crippen molar-refractivity contribution in [1.82, 2.24) is 0 Å². The van der Waals surface area contributed by atoms with E-state index in [1.165, 1.54) is 62.5 Å². The van der Waals surface area contributed by atoms with Crippen LogP contribution in [-0.2, 0) is 20.9 Å². The van der Waals surface area contributed by atoms with Crippen LogP contribution >= 0.6 is 0 Å². The van der Waals surface area contributed by atoms with Gasteiger partial charge in [0.1, 0.15) is 0 Å². The first-order chi connectivity index (χ1) is 15.0. The molecule has 31 heavy (non-hydrogen) atoms. The summed E-state index contributed by atoms with van der Waals surface area (Å²) in [5, 5.41) is 0. The van der Waals surface area contributed by atoms with Crippen LogP contribution in [-0.4, -0.2) is 45.2 Å².